The zero-order valence-electron chi connectivity index (χ0n) is 11.4. The summed E-state index contributed by atoms with van der Waals surface area (Å²) in [5.74, 6) is 0. The molecule has 0 aliphatic carbocycles. The van der Waals surface area contributed by atoms with Crippen molar-refractivity contribution in [3.63, 3.8) is 0 Å². The Morgan fingerprint density at radius 2 is 1.48 bits per heavy atom. The Labute approximate surface area is 133 Å². The molecule has 0 unspecified atom stereocenters. The summed E-state index contributed by atoms with van der Waals surface area (Å²) >= 11 is 11.7. The molecule has 21 heavy (non-hydrogen) atoms. The number of hydrogen-bond donors (Lipinski definition) is 2. The van der Waals surface area contributed by atoms with E-state index in [1.165, 1.54) is 18.2 Å². The second-order valence-electron chi connectivity index (χ2n) is 4.73. The van der Waals surface area contributed by atoms with E-state index in [1.807, 2.05) is 13.8 Å². The molecule has 0 saturated carbocycles. The van der Waals surface area contributed by atoms with Gasteiger partial charge in [0.2, 0.25) is 0 Å². The van der Waals surface area contributed by atoms with Gasteiger partial charge in [0.1, 0.15) is 0 Å². The molecule has 3 N–H and O–H groups in total. The van der Waals surface area contributed by atoms with Crippen LogP contribution in [0.15, 0.2) is 35.2 Å². The summed E-state index contributed by atoms with van der Waals surface area (Å²) in [6, 6.07) is 7.53. The number of aryl methyl sites for hydroxylation is 2. The maximum absolute atomic E-state index is 12.4. The van der Waals surface area contributed by atoms with E-state index < -0.39 is 10.0 Å². The summed E-state index contributed by atoms with van der Waals surface area (Å²) in [6.07, 6.45) is 0. The van der Waals surface area contributed by atoms with Gasteiger partial charge < -0.3 is 5.73 Å². The lowest BCUT2D eigenvalue weighted by molar-refractivity contribution is 0.601. The lowest BCUT2D eigenvalue weighted by atomic mass is 10.1. The molecule has 0 amide bonds. The topological polar surface area (TPSA) is 72.2 Å². The fourth-order valence-electron chi connectivity index (χ4n) is 1.81. The first-order chi connectivity index (χ1) is 9.69. The van der Waals surface area contributed by atoms with Crippen LogP contribution in [0.5, 0.6) is 0 Å². The molecular formula is C14H14Cl2N2O2S. The summed E-state index contributed by atoms with van der Waals surface area (Å²) in [4.78, 5) is -0.0161. The van der Waals surface area contributed by atoms with Gasteiger partial charge in [-0.05, 0) is 55.3 Å². The first-order valence-corrected chi connectivity index (χ1v) is 8.28. The van der Waals surface area contributed by atoms with E-state index in [1.54, 1.807) is 12.1 Å². The Morgan fingerprint density at radius 3 is 2.05 bits per heavy atom. The van der Waals surface area contributed by atoms with Gasteiger partial charge in [-0.25, -0.2) is 8.42 Å². The molecule has 0 fully saturated rings. The highest BCUT2D eigenvalue weighted by atomic mass is 35.5. The largest absolute Gasteiger partial charge is 0.397 e. The molecule has 0 heterocycles. The molecule has 2 aromatic carbocycles. The summed E-state index contributed by atoms with van der Waals surface area (Å²) in [6.45, 7) is 3.78. The molecule has 0 spiro atoms. The number of nitrogens with two attached hydrogens (primary N) is 1. The van der Waals surface area contributed by atoms with Crippen molar-refractivity contribution in [3.05, 3.63) is 51.5 Å². The lowest BCUT2D eigenvalue weighted by Gasteiger charge is -2.13. The van der Waals surface area contributed by atoms with Crippen LogP contribution in [0.25, 0.3) is 0 Å². The van der Waals surface area contributed by atoms with Crippen molar-refractivity contribution in [1.82, 2.24) is 0 Å². The molecule has 7 heteroatoms. The van der Waals surface area contributed by atoms with Crippen LogP contribution in [-0.2, 0) is 10.0 Å². The molecule has 0 aromatic heterocycles. The lowest BCUT2D eigenvalue weighted by Crippen LogP contribution is -2.14. The van der Waals surface area contributed by atoms with Crippen LogP contribution in [-0.4, -0.2) is 8.42 Å². The first-order valence-electron chi connectivity index (χ1n) is 6.04. The Morgan fingerprint density at radius 1 is 0.952 bits per heavy atom. The predicted octanol–water partition coefficient (Wildman–Crippen LogP) is 3.99. The van der Waals surface area contributed by atoms with Crippen molar-refractivity contribution in [3.8, 4) is 0 Å². The van der Waals surface area contributed by atoms with Crippen LogP contribution >= 0.6 is 23.2 Å². The van der Waals surface area contributed by atoms with Gasteiger partial charge in [0, 0.05) is 10.0 Å². The first kappa shape index (κ1) is 15.9. The fourth-order valence-corrected chi connectivity index (χ4v) is 3.62. The average molecular weight is 345 g/mol. The quantitative estimate of drug-likeness (QED) is 0.826. The van der Waals surface area contributed by atoms with Crippen LogP contribution < -0.4 is 10.5 Å². The van der Waals surface area contributed by atoms with Gasteiger partial charge in [-0.3, -0.25) is 4.72 Å². The Balaban J connectivity index is 2.44. The molecule has 2 rings (SSSR count). The van der Waals surface area contributed by atoms with E-state index in [9.17, 15) is 8.42 Å². The van der Waals surface area contributed by atoms with Crippen LogP contribution in [0.3, 0.4) is 0 Å². The number of halogens is 2. The number of nitrogen functional groups attached to an aromatic ring is 1. The van der Waals surface area contributed by atoms with Crippen molar-refractivity contribution in [1.29, 1.82) is 0 Å². The van der Waals surface area contributed by atoms with Gasteiger partial charge in [-0.1, -0.05) is 23.2 Å². The van der Waals surface area contributed by atoms with Crippen LogP contribution in [0.1, 0.15) is 11.1 Å². The Bertz CT molecular complexity index is 785. The number of rotatable bonds is 3. The Hall–Kier alpha value is -1.43. The number of benzene rings is 2. The summed E-state index contributed by atoms with van der Waals surface area (Å²) in [7, 11) is -3.81. The second-order valence-corrected chi connectivity index (χ2v) is 7.29. The third-order valence-corrected chi connectivity index (χ3v) is 4.84. The van der Waals surface area contributed by atoms with Crippen LogP contribution in [0.2, 0.25) is 10.0 Å². The van der Waals surface area contributed by atoms with E-state index in [0.29, 0.717) is 11.4 Å². The van der Waals surface area contributed by atoms with Crippen molar-refractivity contribution >= 4 is 44.6 Å². The van der Waals surface area contributed by atoms with Gasteiger partial charge in [-0.2, -0.15) is 0 Å². The van der Waals surface area contributed by atoms with E-state index in [0.717, 1.165) is 11.1 Å². The highest BCUT2D eigenvalue weighted by Gasteiger charge is 2.17. The molecule has 0 bridgehead atoms. The minimum absolute atomic E-state index is 0.0161. The number of anilines is 2. The van der Waals surface area contributed by atoms with Gasteiger partial charge >= 0.3 is 0 Å². The van der Waals surface area contributed by atoms with Crippen LogP contribution in [0, 0.1) is 13.8 Å². The maximum atomic E-state index is 12.4. The van der Waals surface area contributed by atoms with Crippen LogP contribution in [0.4, 0.5) is 11.4 Å². The molecule has 0 aliphatic heterocycles. The summed E-state index contributed by atoms with van der Waals surface area (Å²) in [5.41, 5.74) is 8.46. The predicted molar refractivity (Wildman–Crippen MR) is 87.6 cm³/mol. The zero-order valence-corrected chi connectivity index (χ0v) is 13.8. The van der Waals surface area contributed by atoms with Crippen molar-refractivity contribution < 1.29 is 8.42 Å². The normalized spacial score (nSPS) is 11.4. The Kier molecular flexibility index (Phi) is 4.37. The minimum Gasteiger partial charge on any atom is -0.397 e. The molecule has 0 atom stereocenters. The SMILES string of the molecule is Cc1cc(N)c(NS(=O)(=O)c2cc(Cl)cc(Cl)c2)cc1C. The standard InChI is InChI=1S/C14H14Cl2N2O2S/c1-8-3-13(17)14(4-9(8)2)18-21(19,20)12-6-10(15)5-11(16)7-12/h3-7,18H,17H2,1-2H3. The van der Waals surface area contributed by atoms with E-state index in [2.05, 4.69) is 4.72 Å². The van der Waals surface area contributed by atoms with Crippen molar-refractivity contribution in [2.24, 2.45) is 0 Å². The minimum atomic E-state index is -3.81. The van der Waals surface area contributed by atoms with Gasteiger partial charge in [0.05, 0.1) is 16.3 Å². The van der Waals surface area contributed by atoms with Crippen molar-refractivity contribution in [2.45, 2.75) is 18.7 Å². The zero-order chi connectivity index (χ0) is 15.8. The van der Waals surface area contributed by atoms with E-state index in [4.69, 9.17) is 28.9 Å². The summed E-state index contributed by atoms with van der Waals surface area (Å²) < 4.78 is 27.2. The maximum Gasteiger partial charge on any atom is 0.262 e. The average Bonchev–Trinajstić information content (AvgIpc) is 2.34. The highest BCUT2D eigenvalue weighted by Crippen LogP contribution is 2.28. The van der Waals surface area contributed by atoms with E-state index in [-0.39, 0.29) is 14.9 Å². The molecule has 2 aromatic rings. The smallest absolute Gasteiger partial charge is 0.262 e. The van der Waals surface area contributed by atoms with E-state index >= 15 is 0 Å². The molecule has 0 saturated heterocycles. The number of sulfonamides is 1. The van der Waals surface area contributed by atoms with Gasteiger partial charge in [-0.15, -0.1) is 0 Å². The fraction of sp³-hybridized carbons (Fsp3) is 0.143. The van der Waals surface area contributed by atoms with Gasteiger partial charge in [0.25, 0.3) is 10.0 Å². The monoisotopic (exact) mass is 344 g/mol. The molecule has 0 radical (unpaired) electrons. The molecule has 112 valence electrons. The second kappa shape index (κ2) is 5.75. The number of hydrogen-bond acceptors (Lipinski definition) is 3. The third-order valence-electron chi connectivity index (χ3n) is 3.06. The molecular weight excluding hydrogens is 331 g/mol. The molecule has 4 nitrogen and oxygen atoms in total. The summed E-state index contributed by atoms with van der Waals surface area (Å²) in [5, 5.41) is 0.492. The molecule has 0 aliphatic rings. The van der Waals surface area contributed by atoms with Crippen molar-refractivity contribution in [2.75, 3.05) is 10.5 Å². The highest BCUT2D eigenvalue weighted by molar-refractivity contribution is 7.92. The van der Waals surface area contributed by atoms with Gasteiger partial charge in [0.15, 0.2) is 0 Å². The third kappa shape index (κ3) is 3.61. The number of nitrogens with one attached hydrogen (secondary N) is 1.